The van der Waals surface area contributed by atoms with Gasteiger partial charge in [-0.15, -0.1) is 11.3 Å². The zero-order valence-corrected chi connectivity index (χ0v) is 14.1. The van der Waals surface area contributed by atoms with Crippen molar-refractivity contribution in [2.45, 2.75) is 19.1 Å². The Hall–Kier alpha value is -1.56. The lowest BCUT2D eigenvalue weighted by molar-refractivity contribution is 0.00488. The third-order valence-corrected chi connectivity index (χ3v) is 4.59. The lowest BCUT2D eigenvalue weighted by Crippen LogP contribution is -2.44. The molecule has 2 rings (SSSR count). The largest absolute Gasteiger partial charge is 0.372 e. The molecule has 22 heavy (non-hydrogen) atoms. The van der Waals surface area contributed by atoms with Crippen LogP contribution in [-0.4, -0.2) is 19.7 Å². The highest BCUT2D eigenvalue weighted by Crippen LogP contribution is 2.26. The summed E-state index contributed by atoms with van der Waals surface area (Å²) in [5, 5.41) is 8.29. The standard InChI is InChI=1S/C16H19ClN2O2S/c1-16(21-2,12-5-3-6-13(17)9-12)11-19-15(20)18-10-14-7-4-8-22-14/h3-9H,10-11H2,1-2H3,(H2,18,19,20). The molecule has 0 aliphatic carbocycles. The van der Waals surface area contributed by atoms with Crippen LogP contribution in [0.1, 0.15) is 17.4 Å². The highest BCUT2D eigenvalue weighted by molar-refractivity contribution is 7.09. The number of ether oxygens (including phenoxy) is 1. The highest BCUT2D eigenvalue weighted by atomic mass is 35.5. The van der Waals surface area contributed by atoms with Crippen LogP contribution >= 0.6 is 22.9 Å². The Kier molecular flexibility index (Phi) is 5.83. The third-order valence-electron chi connectivity index (χ3n) is 3.48. The van der Waals surface area contributed by atoms with Crippen LogP contribution in [-0.2, 0) is 16.9 Å². The maximum atomic E-state index is 11.9. The van der Waals surface area contributed by atoms with Crippen molar-refractivity contribution in [3.05, 3.63) is 57.2 Å². The fraction of sp³-hybridized carbons (Fsp3) is 0.312. The highest BCUT2D eigenvalue weighted by Gasteiger charge is 2.27. The van der Waals surface area contributed by atoms with Crippen LogP contribution in [0.5, 0.6) is 0 Å². The lowest BCUT2D eigenvalue weighted by Gasteiger charge is -2.29. The predicted octanol–water partition coefficient (Wildman–Crippen LogP) is 3.76. The minimum atomic E-state index is -0.634. The molecule has 118 valence electrons. The van der Waals surface area contributed by atoms with E-state index >= 15 is 0 Å². The van der Waals surface area contributed by atoms with Crippen LogP contribution in [0.3, 0.4) is 0 Å². The molecule has 0 aliphatic heterocycles. The summed E-state index contributed by atoms with van der Waals surface area (Å²) < 4.78 is 5.58. The first-order chi connectivity index (χ1) is 10.5. The topological polar surface area (TPSA) is 50.4 Å². The van der Waals surface area contributed by atoms with Crippen molar-refractivity contribution in [1.82, 2.24) is 10.6 Å². The Morgan fingerprint density at radius 2 is 2.14 bits per heavy atom. The molecular formula is C16H19ClN2O2S. The number of thiophene rings is 1. The first kappa shape index (κ1) is 16.8. The first-order valence-corrected chi connectivity index (χ1v) is 8.14. The molecule has 0 fully saturated rings. The summed E-state index contributed by atoms with van der Waals surface area (Å²) in [5.41, 5.74) is 0.284. The Morgan fingerprint density at radius 1 is 1.32 bits per heavy atom. The molecule has 2 aromatic rings. The number of nitrogens with one attached hydrogen (secondary N) is 2. The number of hydrogen-bond donors (Lipinski definition) is 2. The molecule has 0 aliphatic rings. The Labute approximate surface area is 139 Å². The van der Waals surface area contributed by atoms with E-state index in [-0.39, 0.29) is 6.03 Å². The van der Waals surface area contributed by atoms with Crippen molar-refractivity contribution in [1.29, 1.82) is 0 Å². The molecule has 0 saturated carbocycles. The van der Waals surface area contributed by atoms with Crippen LogP contribution in [0.15, 0.2) is 41.8 Å². The van der Waals surface area contributed by atoms with Crippen LogP contribution in [0.4, 0.5) is 4.79 Å². The maximum absolute atomic E-state index is 11.9. The summed E-state index contributed by atoms with van der Waals surface area (Å²) in [7, 11) is 1.62. The maximum Gasteiger partial charge on any atom is 0.315 e. The summed E-state index contributed by atoms with van der Waals surface area (Å²) in [6.45, 7) is 2.78. The van der Waals surface area contributed by atoms with Gasteiger partial charge in [-0.1, -0.05) is 29.8 Å². The van der Waals surface area contributed by atoms with Crippen LogP contribution in [0.2, 0.25) is 5.02 Å². The van der Waals surface area contributed by atoms with E-state index in [9.17, 15) is 4.79 Å². The molecule has 2 amide bonds. The van der Waals surface area contributed by atoms with Gasteiger partial charge in [-0.25, -0.2) is 4.79 Å². The smallest absolute Gasteiger partial charge is 0.315 e. The van der Waals surface area contributed by atoms with Crippen molar-refractivity contribution < 1.29 is 9.53 Å². The minimum absolute atomic E-state index is 0.223. The molecule has 1 atom stereocenters. The molecule has 1 aromatic carbocycles. The number of halogens is 1. The lowest BCUT2D eigenvalue weighted by atomic mass is 9.96. The van der Waals surface area contributed by atoms with Gasteiger partial charge in [0.25, 0.3) is 0 Å². The third kappa shape index (κ3) is 4.47. The van der Waals surface area contributed by atoms with Crippen molar-refractivity contribution >= 4 is 29.0 Å². The molecule has 4 nitrogen and oxygen atoms in total. The number of carbonyl (C=O) groups excluding carboxylic acids is 1. The van der Waals surface area contributed by atoms with Gasteiger partial charge >= 0.3 is 6.03 Å². The van der Waals surface area contributed by atoms with Gasteiger partial charge < -0.3 is 15.4 Å². The summed E-state index contributed by atoms with van der Waals surface area (Å²) in [6.07, 6.45) is 0. The molecule has 1 aromatic heterocycles. The van der Waals surface area contributed by atoms with Gasteiger partial charge in [0.1, 0.15) is 5.60 Å². The number of methoxy groups -OCH3 is 1. The van der Waals surface area contributed by atoms with E-state index in [0.29, 0.717) is 18.1 Å². The molecule has 6 heteroatoms. The number of urea groups is 1. The summed E-state index contributed by atoms with van der Waals surface area (Å²) >= 11 is 7.63. The molecule has 0 spiro atoms. The van der Waals surface area contributed by atoms with Gasteiger partial charge in [-0.2, -0.15) is 0 Å². The van der Waals surface area contributed by atoms with E-state index in [2.05, 4.69) is 10.6 Å². The molecule has 2 N–H and O–H groups in total. The Bertz CT molecular complexity index is 618. The second-order valence-corrected chi connectivity index (χ2v) is 6.53. The van der Waals surface area contributed by atoms with Gasteiger partial charge in [0.05, 0.1) is 13.1 Å². The summed E-state index contributed by atoms with van der Waals surface area (Å²) in [4.78, 5) is 13.0. The average molecular weight is 339 g/mol. The minimum Gasteiger partial charge on any atom is -0.372 e. The van der Waals surface area contributed by atoms with Gasteiger partial charge in [-0.05, 0) is 36.1 Å². The van der Waals surface area contributed by atoms with E-state index in [1.165, 1.54) is 0 Å². The molecule has 1 heterocycles. The van der Waals surface area contributed by atoms with E-state index in [0.717, 1.165) is 10.4 Å². The van der Waals surface area contributed by atoms with Gasteiger partial charge in [0, 0.05) is 17.0 Å². The van der Waals surface area contributed by atoms with Crippen LogP contribution < -0.4 is 10.6 Å². The zero-order valence-electron chi connectivity index (χ0n) is 12.6. The van der Waals surface area contributed by atoms with Crippen LogP contribution in [0.25, 0.3) is 0 Å². The molecular weight excluding hydrogens is 320 g/mol. The quantitative estimate of drug-likeness (QED) is 0.842. The van der Waals surface area contributed by atoms with E-state index in [4.69, 9.17) is 16.3 Å². The fourth-order valence-electron chi connectivity index (χ4n) is 2.00. The van der Waals surface area contributed by atoms with Crippen molar-refractivity contribution in [3.63, 3.8) is 0 Å². The van der Waals surface area contributed by atoms with Crippen LogP contribution in [0, 0.1) is 0 Å². The number of carbonyl (C=O) groups is 1. The van der Waals surface area contributed by atoms with Gasteiger partial charge in [0.15, 0.2) is 0 Å². The molecule has 1 unspecified atom stereocenters. The Morgan fingerprint density at radius 3 is 2.77 bits per heavy atom. The Balaban J connectivity index is 1.91. The molecule has 0 bridgehead atoms. The van der Waals surface area contributed by atoms with Crippen molar-refractivity contribution in [3.8, 4) is 0 Å². The average Bonchev–Trinajstić information content (AvgIpc) is 3.04. The van der Waals surface area contributed by atoms with E-state index in [1.54, 1.807) is 18.4 Å². The normalized spacial score (nSPS) is 13.4. The monoisotopic (exact) mass is 338 g/mol. The SMILES string of the molecule is COC(C)(CNC(=O)NCc1cccs1)c1cccc(Cl)c1. The summed E-state index contributed by atoms with van der Waals surface area (Å²) in [5.74, 6) is 0. The van der Waals surface area contributed by atoms with E-state index in [1.807, 2.05) is 48.7 Å². The molecule has 0 saturated heterocycles. The number of hydrogen-bond acceptors (Lipinski definition) is 3. The molecule has 0 radical (unpaired) electrons. The number of benzene rings is 1. The van der Waals surface area contributed by atoms with E-state index < -0.39 is 5.60 Å². The first-order valence-electron chi connectivity index (χ1n) is 6.89. The fourth-order valence-corrected chi connectivity index (χ4v) is 2.84. The number of rotatable bonds is 6. The summed E-state index contributed by atoms with van der Waals surface area (Å²) in [6, 6.07) is 11.2. The van der Waals surface area contributed by atoms with Crippen molar-refractivity contribution in [2.24, 2.45) is 0 Å². The number of amides is 2. The predicted molar refractivity (Wildman–Crippen MR) is 90.4 cm³/mol. The van der Waals surface area contributed by atoms with Crippen molar-refractivity contribution in [2.75, 3.05) is 13.7 Å². The second kappa shape index (κ2) is 7.63. The second-order valence-electron chi connectivity index (χ2n) is 5.06. The zero-order chi connectivity index (χ0) is 16.0. The van der Waals surface area contributed by atoms with Gasteiger partial charge in [0.2, 0.25) is 0 Å². The van der Waals surface area contributed by atoms with Gasteiger partial charge in [-0.3, -0.25) is 0 Å².